The van der Waals surface area contributed by atoms with E-state index in [1.165, 1.54) is 0 Å². The number of H-pyrrole nitrogens is 1. The summed E-state index contributed by atoms with van der Waals surface area (Å²) in [5, 5.41) is 15.3. The molecule has 0 bridgehead atoms. The van der Waals surface area contributed by atoms with Crippen LogP contribution < -0.4 is 15.8 Å². The summed E-state index contributed by atoms with van der Waals surface area (Å²) in [5.41, 5.74) is 4.27. The number of pyridine rings is 1. The molecule has 1 fully saturated rings. The molecule has 35 heavy (non-hydrogen) atoms. The quantitative estimate of drug-likeness (QED) is 0.425. The minimum atomic E-state index is -0.498. The van der Waals surface area contributed by atoms with Crippen LogP contribution in [-0.4, -0.2) is 56.6 Å². The van der Waals surface area contributed by atoms with Crippen molar-refractivity contribution in [2.45, 2.75) is 54.5 Å². The molecular formula is C25H36N8O2. The number of hydrogen-bond acceptors (Lipinski definition) is 7. The summed E-state index contributed by atoms with van der Waals surface area (Å²) in [6, 6.07) is 5.45. The Labute approximate surface area is 206 Å². The van der Waals surface area contributed by atoms with Gasteiger partial charge in [0.25, 0.3) is 11.5 Å². The van der Waals surface area contributed by atoms with Crippen molar-refractivity contribution < 1.29 is 4.79 Å². The first-order valence-corrected chi connectivity index (χ1v) is 12.2. The fourth-order valence-corrected chi connectivity index (χ4v) is 3.87. The lowest BCUT2D eigenvalue weighted by molar-refractivity contribution is 0.0968. The fourth-order valence-electron chi connectivity index (χ4n) is 3.87. The number of rotatable bonds is 5. The number of nitrogens with one attached hydrogen (secondary N) is 2. The van der Waals surface area contributed by atoms with Gasteiger partial charge in [0.15, 0.2) is 6.19 Å². The van der Waals surface area contributed by atoms with Crippen LogP contribution in [0.25, 0.3) is 5.65 Å². The summed E-state index contributed by atoms with van der Waals surface area (Å²) < 4.78 is 1.74. The van der Waals surface area contributed by atoms with Gasteiger partial charge >= 0.3 is 0 Å². The number of carbonyl (C=O) groups excluding carboxylic acids is 1. The first kappa shape index (κ1) is 27.5. The van der Waals surface area contributed by atoms with E-state index in [4.69, 9.17) is 5.26 Å². The molecule has 2 N–H and O–H groups in total. The number of aryl methyl sites for hydroxylation is 2. The van der Waals surface area contributed by atoms with Gasteiger partial charge in [0, 0.05) is 50.6 Å². The zero-order valence-corrected chi connectivity index (χ0v) is 21.6. The summed E-state index contributed by atoms with van der Waals surface area (Å²) in [6.45, 7) is 15.9. The van der Waals surface area contributed by atoms with E-state index >= 15 is 0 Å². The molecule has 0 atom stereocenters. The fraction of sp³-hybridized carbons (Fsp3) is 0.480. The predicted octanol–water partition coefficient (Wildman–Crippen LogP) is 2.87. The third-order valence-corrected chi connectivity index (χ3v) is 5.54. The molecule has 0 unspecified atom stereocenters. The molecule has 0 radical (unpaired) electrons. The molecule has 0 saturated carbocycles. The smallest absolute Gasteiger partial charge is 0.282 e. The molecular weight excluding hydrogens is 444 g/mol. The van der Waals surface area contributed by atoms with Gasteiger partial charge in [-0.15, -0.1) is 0 Å². The van der Waals surface area contributed by atoms with E-state index in [9.17, 15) is 9.59 Å². The SMILES string of the molecule is CC.CC.CCc1cn2nc(CN3CCN(c4ccc(C(=O)NC#N)nc4C)CC3)cc2[nH]c1=O. The van der Waals surface area contributed by atoms with E-state index in [0.717, 1.165) is 48.8 Å². The van der Waals surface area contributed by atoms with Gasteiger partial charge in [0.1, 0.15) is 11.3 Å². The van der Waals surface area contributed by atoms with Crippen molar-refractivity contribution in [1.29, 1.82) is 5.26 Å². The first-order chi connectivity index (χ1) is 17.0. The van der Waals surface area contributed by atoms with Gasteiger partial charge < -0.3 is 9.88 Å². The van der Waals surface area contributed by atoms with E-state index in [-0.39, 0.29) is 11.3 Å². The van der Waals surface area contributed by atoms with Gasteiger partial charge in [0.2, 0.25) is 0 Å². The molecule has 1 amide bonds. The van der Waals surface area contributed by atoms with Crippen molar-refractivity contribution in [2.24, 2.45) is 0 Å². The summed E-state index contributed by atoms with van der Waals surface area (Å²) >= 11 is 0. The maximum atomic E-state index is 12.0. The Kier molecular flexibility index (Phi) is 10.4. The molecule has 10 nitrogen and oxygen atoms in total. The van der Waals surface area contributed by atoms with Crippen molar-refractivity contribution >= 4 is 17.2 Å². The average Bonchev–Trinajstić information content (AvgIpc) is 3.27. The van der Waals surface area contributed by atoms with E-state index in [2.05, 4.69) is 30.2 Å². The highest BCUT2D eigenvalue weighted by Crippen LogP contribution is 2.21. The standard InChI is InChI=1S/C21H24N8O2.2C2H6/c1-3-15-11-29-19(25-20(15)30)10-16(26-29)12-27-6-8-28(9-7-27)18-5-4-17(24-14(18)2)21(31)23-13-22;2*1-2/h4-5,10-11H,3,6-9,12H2,1-2H3,(H,23,31)(H,25,30);2*1-2H3. The van der Waals surface area contributed by atoms with Crippen LogP contribution in [0.2, 0.25) is 0 Å². The van der Waals surface area contributed by atoms with Crippen molar-refractivity contribution in [3.8, 4) is 6.19 Å². The van der Waals surface area contributed by atoms with Crippen molar-refractivity contribution in [2.75, 3.05) is 31.1 Å². The Bertz CT molecular complexity index is 1220. The van der Waals surface area contributed by atoms with Crippen molar-refractivity contribution in [3.05, 3.63) is 57.4 Å². The summed E-state index contributed by atoms with van der Waals surface area (Å²) in [4.78, 5) is 35.6. The Balaban J connectivity index is 0.00000103. The van der Waals surface area contributed by atoms with Gasteiger partial charge in [-0.1, -0.05) is 34.6 Å². The summed E-state index contributed by atoms with van der Waals surface area (Å²) in [6.07, 6.45) is 4.09. The molecule has 0 aromatic carbocycles. The average molecular weight is 481 g/mol. The second-order valence-corrected chi connectivity index (χ2v) is 7.56. The number of aromatic nitrogens is 4. The Morgan fingerprint density at radius 3 is 2.46 bits per heavy atom. The molecule has 3 aromatic rings. The number of nitrogens with zero attached hydrogens (tertiary/aromatic N) is 6. The van der Waals surface area contributed by atoms with Gasteiger partial charge in [0.05, 0.1) is 17.1 Å². The summed E-state index contributed by atoms with van der Waals surface area (Å²) in [7, 11) is 0. The largest absolute Gasteiger partial charge is 0.368 e. The minimum Gasteiger partial charge on any atom is -0.368 e. The lowest BCUT2D eigenvalue weighted by atomic mass is 10.2. The lowest BCUT2D eigenvalue weighted by Gasteiger charge is -2.36. The van der Waals surface area contributed by atoms with Crippen LogP contribution in [0.3, 0.4) is 0 Å². The van der Waals surface area contributed by atoms with Gasteiger partial charge in [-0.2, -0.15) is 10.4 Å². The molecule has 188 valence electrons. The van der Waals surface area contributed by atoms with Gasteiger partial charge in [-0.05, 0) is 25.5 Å². The molecule has 0 aliphatic carbocycles. The number of fused-ring (bicyclic) bond motifs is 1. The number of anilines is 1. The topological polar surface area (TPSA) is 122 Å². The van der Waals surface area contributed by atoms with Crippen LogP contribution in [0.5, 0.6) is 0 Å². The maximum absolute atomic E-state index is 12.0. The Morgan fingerprint density at radius 2 is 1.86 bits per heavy atom. The highest BCUT2D eigenvalue weighted by molar-refractivity contribution is 5.93. The molecule has 0 spiro atoms. The number of piperazine rings is 1. The second-order valence-electron chi connectivity index (χ2n) is 7.56. The van der Waals surface area contributed by atoms with Crippen LogP contribution in [0.4, 0.5) is 5.69 Å². The number of hydrogen-bond donors (Lipinski definition) is 2. The van der Waals surface area contributed by atoms with E-state index in [1.54, 1.807) is 23.0 Å². The molecule has 10 heteroatoms. The monoisotopic (exact) mass is 480 g/mol. The highest BCUT2D eigenvalue weighted by atomic mass is 16.1. The number of nitriles is 1. The normalized spacial score (nSPS) is 13.2. The molecule has 3 aromatic heterocycles. The van der Waals surface area contributed by atoms with E-state index in [0.29, 0.717) is 18.6 Å². The van der Waals surface area contributed by atoms with Gasteiger partial charge in [-0.3, -0.25) is 19.8 Å². The maximum Gasteiger partial charge on any atom is 0.282 e. The van der Waals surface area contributed by atoms with E-state index < -0.39 is 5.91 Å². The zero-order valence-electron chi connectivity index (χ0n) is 21.6. The predicted molar refractivity (Wildman–Crippen MR) is 137 cm³/mol. The lowest BCUT2D eigenvalue weighted by Crippen LogP contribution is -2.46. The van der Waals surface area contributed by atoms with Gasteiger partial charge in [-0.25, -0.2) is 9.50 Å². The number of amides is 1. The second kappa shape index (κ2) is 13.2. The van der Waals surface area contributed by atoms with Crippen LogP contribution in [0, 0.1) is 18.4 Å². The molecule has 1 aliphatic heterocycles. The summed E-state index contributed by atoms with van der Waals surface area (Å²) in [5.74, 6) is -0.498. The Hall–Kier alpha value is -3.71. The van der Waals surface area contributed by atoms with Crippen molar-refractivity contribution in [3.63, 3.8) is 0 Å². The molecule has 4 heterocycles. The molecule has 1 saturated heterocycles. The van der Waals surface area contributed by atoms with Crippen molar-refractivity contribution in [1.82, 2.24) is 29.8 Å². The third kappa shape index (κ3) is 6.67. The third-order valence-electron chi connectivity index (χ3n) is 5.54. The number of aromatic amines is 1. The van der Waals surface area contributed by atoms with Crippen LogP contribution in [-0.2, 0) is 13.0 Å². The molecule has 1 aliphatic rings. The Morgan fingerprint density at radius 1 is 1.17 bits per heavy atom. The number of carbonyl (C=O) groups is 1. The van der Waals surface area contributed by atoms with Crippen LogP contribution in [0.15, 0.2) is 29.2 Å². The zero-order chi connectivity index (χ0) is 26.0. The van der Waals surface area contributed by atoms with Crippen LogP contribution >= 0.6 is 0 Å². The first-order valence-electron chi connectivity index (χ1n) is 12.2. The van der Waals surface area contributed by atoms with E-state index in [1.807, 2.05) is 53.7 Å². The van der Waals surface area contributed by atoms with Crippen LogP contribution in [0.1, 0.15) is 62.1 Å². The minimum absolute atomic E-state index is 0.0600. The molecule has 4 rings (SSSR count). The highest BCUT2D eigenvalue weighted by Gasteiger charge is 2.21.